The Hall–Kier alpha value is -12.9. The summed E-state index contributed by atoms with van der Waals surface area (Å²) >= 11 is 0. The van der Waals surface area contributed by atoms with Crippen molar-refractivity contribution in [2.45, 2.75) is 123 Å². The van der Waals surface area contributed by atoms with Crippen molar-refractivity contribution in [1.82, 2.24) is 0 Å². The average molecular weight is 1500 g/mol. The lowest BCUT2D eigenvalue weighted by atomic mass is 9.65. The van der Waals surface area contributed by atoms with E-state index in [-0.39, 0.29) is 0 Å². The van der Waals surface area contributed by atoms with Crippen molar-refractivity contribution in [2.75, 3.05) is 9.80 Å². The highest BCUT2D eigenvalue weighted by atomic mass is 15.1. The third kappa shape index (κ3) is 14.6. The topological polar surface area (TPSA) is 6.48 Å². The molecule has 0 saturated heterocycles. The van der Waals surface area contributed by atoms with Gasteiger partial charge in [0.1, 0.15) is 0 Å². The summed E-state index contributed by atoms with van der Waals surface area (Å²) in [5, 5.41) is 0. The van der Waals surface area contributed by atoms with Gasteiger partial charge in [0, 0.05) is 34.1 Å². The van der Waals surface area contributed by atoms with Crippen molar-refractivity contribution in [3.05, 3.63) is 438 Å². The van der Waals surface area contributed by atoms with Crippen LogP contribution in [0.2, 0.25) is 0 Å². The van der Waals surface area contributed by atoms with Gasteiger partial charge in [0.2, 0.25) is 0 Å². The summed E-state index contributed by atoms with van der Waals surface area (Å²) in [5.41, 5.74) is 51.8. The van der Waals surface area contributed by atoms with Crippen LogP contribution in [0.4, 0.5) is 34.1 Å². The largest absolute Gasteiger partial charge is 0.311 e. The lowest BCUT2D eigenvalue weighted by molar-refractivity contribution is 0.745. The number of hydrogen-bond donors (Lipinski definition) is 0. The number of nitrogens with zero attached hydrogens (tertiary/aromatic N) is 2. The van der Waals surface area contributed by atoms with Crippen LogP contribution in [-0.2, 0) is 5.41 Å². The van der Waals surface area contributed by atoms with E-state index < -0.39 is 5.41 Å². The van der Waals surface area contributed by atoms with E-state index in [0.717, 1.165) is 45.3 Å². The molecule has 16 aromatic carbocycles. The third-order valence-corrected chi connectivity index (χ3v) is 25.5. The predicted molar refractivity (Wildman–Crippen MR) is 498 cm³/mol. The zero-order valence-electron chi connectivity index (χ0n) is 70.5. The standard InChI is InChI=1S/C114H104N2/c1-71-30-58-107(92-64-75(5)82(12)76(6)65-92)110(60-71)90-36-48-101(49-37-90)115(99-44-32-88(33-45-99)105-56-28-73(3)62-112(105)94-68-79(9)84(14)80(10)69-94)103-52-40-97(41-53-103)114(95-24-20-18-21-25-95,96-26-22-19-23-27-96)98-42-54-104(55-43-98)116(102-50-38-91(39-51-102)111-61-72(2)31-59-108(111)93-66-77(7)83(13)78(8)67-93)100-46-34-89(35-47-100)106-57-29-74(4)63-113(106)109-70-81(11)85(15)86(16)87(109)17/h18-70H,1-17H3. The van der Waals surface area contributed by atoms with Gasteiger partial charge >= 0.3 is 0 Å². The Bertz CT molecular complexity index is 6270. The summed E-state index contributed by atoms with van der Waals surface area (Å²) in [6, 6.07) is 122. The average Bonchev–Trinajstić information content (AvgIpc) is 0.729. The van der Waals surface area contributed by atoms with Gasteiger partial charge in [0.25, 0.3) is 0 Å². The Labute approximate surface area is 689 Å². The lowest BCUT2D eigenvalue weighted by Gasteiger charge is -2.37. The lowest BCUT2D eigenvalue weighted by Crippen LogP contribution is -2.31. The minimum atomic E-state index is -0.763. The second kappa shape index (κ2) is 31.8. The van der Waals surface area contributed by atoms with Crippen LogP contribution in [-0.4, -0.2) is 0 Å². The Morgan fingerprint density at radius 1 is 0.155 bits per heavy atom. The molecule has 0 bridgehead atoms. The molecule has 0 radical (unpaired) electrons. The number of benzene rings is 16. The van der Waals surface area contributed by atoms with Gasteiger partial charge in [-0.3, -0.25) is 0 Å². The van der Waals surface area contributed by atoms with Crippen LogP contribution in [0.3, 0.4) is 0 Å². The van der Waals surface area contributed by atoms with E-state index in [0.29, 0.717) is 0 Å². The molecule has 116 heavy (non-hydrogen) atoms. The first kappa shape index (κ1) is 77.1. The molecule has 0 spiro atoms. The molecule has 0 fully saturated rings. The van der Waals surface area contributed by atoms with Crippen LogP contribution >= 0.6 is 0 Å². The fourth-order valence-corrected chi connectivity index (χ4v) is 17.8. The van der Waals surface area contributed by atoms with Gasteiger partial charge in [0.15, 0.2) is 0 Å². The molecule has 570 valence electrons. The fraction of sp³-hybridized carbons (Fsp3) is 0.158. The molecule has 2 heteroatoms. The highest BCUT2D eigenvalue weighted by Gasteiger charge is 2.39. The van der Waals surface area contributed by atoms with E-state index in [1.807, 2.05) is 0 Å². The van der Waals surface area contributed by atoms with E-state index in [1.54, 1.807) is 0 Å². The van der Waals surface area contributed by atoms with Crippen molar-refractivity contribution >= 4 is 34.1 Å². The van der Waals surface area contributed by atoms with Crippen LogP contribution < -0.4 is 9.80 Å². The highest BCUT2D eigenvalue weighted by Crippen LogP contribution is 2.50. The van der Waals surface area contributed by atoms with E-state index in [2.05, 4.69) is 449 Å². The summed E-state index contributed by atoms with van der Waals surface area (Å²) < 4.78 is 0. The summed E-state index contributed by atoms with van der Waals surface area (Å²) in [5.74, 6) is 0. The van der Waals surface area contributed by atoms with Gasteiger partial charge in [-0.25, -0.2) is 0 Å². The highest BCUT2D eigenvalue weighted by molar-refractivity contribution is 5.92. The second-order valence-electron chi connectivity index (χ2n) is 33.0. The molecule has 0 N–H and O–H groups in total. The van der Waals surface area contributed by atoms with Crippen molar-refractivity contribution in [3.63, 3.8) is 0 Å². The molecule has 0 unspecified atom stereocenters. The molecule has 0 amide bonds. The zero-order valence-corrected chi connectivity index (χ0v) is 70.5. The van der Waals surface area contributed by atoms with Gasteiger partial charge < -0.3 is 9.80 Å². The Morgan fingerprint density at radius 3 is 0.698 bits per heavy atom. The number of anilines is 6. The molecular formula is C114H104N2. The van der Waals surface area contributed by atoms with Crippen LogP contribution in [0.15, 0.2) is 322 Å². The summed E-state index contributed by atoms with van der Waals surface area (Å²) in [6.45, 7) is 37.9. The van der Waals surface area contributed by atoms with E-state index >= 15 is 0 Å². The number of hydrogen-bond acceptors (Lipinski definition) is 2. The quantitative estimate of drug-likeness (QED) is 0.0790. The molecule has 0 aliphatic heterocycles. The Morgan fingerprint density at radius 2 is 0.388 bits per heavy atom. The fourth-order valence-electron chi connectivity index (χ4n) is 17.8. The first-order valence-corrected chi connectivity index (χ1v) is 41.1. The van der Waals surface area contributed by atoms with Gasteiger partial charge in [-0.1, -0.05) is 271 Å². The zero-order chi connectivity index (χ0) is 81.0. The van der Waals surface area contributed by atoms with Crippen molar-refractivity contribution in [3.8, 4) is 89.0 Å². The maximum absolute atomic E-state index is 2.43. The molecule has 0 aliphatic carbocycles. The second-order valence-corrected chi connectivity index (χ2v) is 33.0. The van der Waals surface area contributed by atoms with Gasteiger partial charge in [-0.15, -0.1) is 0 Å². The molecule has 0 saturated carbocycles. The number of rotatable bonds is 18. The normalized spacial score (nSPS) is 11.5. The minimum absolute atomic E-state index is 0.763. The molecule has 0 aliphatic rings. The van der Waals surface area contributed by atoms with Gasteiger partial charge in [0.05, 0.1) is 5.41 Å². The molecule has 2 nitrogen and oxygen atoms in total. The van der Waals surface area contributed by atoms with Gasteiger partial charge in [-0.05, 0) is 374 Å². The SMILES string of the molecule is Cc1ccc(-c2cc(C)c(C)c(C)c2)c(-c2ccc(N(c3ccc(-c4ccc(C)cc4-c4cc(C)c(C)c(C)c4)cc3)c3ccc(C(c4ccccc4)(c4ccccc4)c4ccc(N(c5ccc(-c6cc(C)ccc6-c6cc(C)c(C)c(C)c6)cc5)c5ccc(-c6ccc(C)cc6-c6cc(C)c(C)c(C)c6C)cc5)cc4)cc3)cc2)c1. The van der Waals surface area contributed by atoms with Crippen LogP contribution in [0.25, 0.3) is 89.0 Å². The Kier molecular flexibility index (Phi) is 21.2. The summed E-state index contributed by atoms with van der Waals surface area (Å²) in [4.78, 5) is 4.86. The summed E-state index contributed by atoms with van der Waals surface area (Å²) in [7, 11) is 0. The molecule has 0 heterocycles. The maximum Gasteiger partial charge on any atom is 0.0701 e. The van der Waals surface area contributed by atoms with Crippen molar-refractivity contribution in [1.29, 1.82) is 0 Å². The van der Waals surface area contributed by atoms with E-state index in [9.17, 15) is 0 Å². The van der Waals surface area contributed by atoms with Gasteiger partial charge in [-0.2, -0.15) is 0 Å². The minimum Gasteiger partial charge on any atom is -0.311 e. The monoisotopic (exact) mass is 1500 g/mol. The molecule has 0 atom stereocenters. The smallest absolute Gasteiger partial charge is 0.0701 e. The molecule has 16 aromatic rings. The third-order valence-electron chi connectivity index (χ3n) is 25.5. The molecule has 0 aromatic heterocycles. The van der Waals surface area contributed by atoms with Crippen molar-refractivity contribution in [2.24, 2.45) is 0 Å². The van der Waals surface area contributed by atoms with Crippen LogP contribution in [0.1, 0.15) is 117 Å². The predicted octanol–water partition coefficient (Wildman–Crippen LogP) is 31.6. The van der Waals surface area contributed by atoms with E-state index in [1.165, 1.54) is 195 Å². The van der Waals surface area contributed by atoms with Crippen LogP contribution in [0.5, 0.6) is 0 Å². The first-order chi connectivity index (χ1) is 56.0. The Balaban J connectivity index is 0.827. The van der Waals surface area contributed by atoms with Crippen LogP contribution in [0, 0.1) is 118 Å². The van der Waals surface area contributed by atoms with E-state index in [4.69, 9.17) is 0 Å². The summed E-state index contributed by atoms with van der Waals surface area (Å²) in [6.07, 6.45) is 0. The molecule has 16 rings (SSSR count). The molecular weight excluding hydrogens is 1400 g/mol. The first-order valence-electron chi connectivity index (χ1n) is 41.1. The van der Waals surface area contributed by atoms with Crippen molar-refractivity contribution < 1.29 is 0 Å². The maximum atomic E-state index is 2.43. The number of aryl methyl sites for hydroxylation is 11.